The number of nitrogens with one attached hydrogen (secondary N) is 1. The van der Waals surface area contributed by atoms with Crippen molar-refractivity contribution in [2.24, 2.45) is 0 Å². The van der Waals surface area contributed by atoms with Gasteiger partial charge in [0, 0.05) is 22.8 Å². The highest BCUT2D eigenvalue weighted by atomic mass is 16.5. The summed E-state index contributed by atoms with van der Waals surface area (Å²) < 4.78 is 10.5. The van der Waals surface area contributed by atoms with Crippen molar-refractivity contribution in [2.75, 3.05) is 19.5 Å². The minimum Gasteiger partial charge on any atom is -0.497 e. The van der Waals surface area contributed by atoms with E-state index in [1.807, 2.05) is 0 Å². The lowest BCUT2D eigenvalue weighted by Gasteiger charge is -2.21. The van der Waals surface area contributed by atoms with Gasteiger partial charge >= 0.3 is 0 Å². The molecule has 0 spiro atoms. The number of hydrogen-bond donors (Lipinski definition) is 1. The number of anilines is 1. The monoisotopic (exact) mass is 323 g/mol. The van der Waals surface area contributed by atoms with Gasteiger partial charge in [0.1, 0.15) is 11.5 Å². The summed E-state index contributed by atoms with van der Waals surface area (Å²) in [4.78, 5) is 25.3. The summed E-state index contributed by atoms with van der Waals surface area (Å²) in [5, 5.41) is 3.05. The normalized spacial score (nSPS) is 13.6. The van der Waals surface area contributed by atoms with E-state index in [0.29, 0.717) is 33.9 Å². The first kappa shape index (κ1) is 15.8. The van der Waals surface area contributed by atoms with Crippen molar-refractivity contribution in [1.29, 1.82) is 0 Å². The van der Waals surface area contributed by atoms with Gasteiger partial charge in [0.2, 0.25) is 5.78 Å². The number of carbonyl (C=O) groups excluding carboxylic acids is 2. The molecule has 3 rings (SSSR count). The summed E-state index contributed by atoms with van der Waals surface area (Å²) in [5.74, 6) is 0.800. The Morgan fingerprint density at radius 1 is 0.875 bits per heavy atom. The van der Waals surface area contributed by atoms with E-state index in [1.165, 1.54) is 7.11 Å². The molecule has 0 saturated heterocycles. The molecule has 0 atom stereocenters. The van der Waals surface area contributed by atoms with E-state index < -0.39 is 0 Å². The Morgan fingerprint density at radius 3 is 2.17 bits per heavy atom. The summed E-state index contributed by atoms with van der Waals surface area (Å²) in [5.41, 5.74) is 2.09. The Balaban J connectivity index is 2.03. The molecule has 24 heavy (non-hydrogen) atoms. The summed E-state index contributed by atoms with van der Waals surface area (Å²) in [6, 6.07) is 12.0. The molecule has 0 amide bonds. The molecule has 122 valence electrons. The number of ketones is 2. The molecule has 0 saturated carbocycles. The first-order chi connectivity index (χ1) is 11.6. The highest BCUT2D eigenvalue weighted by Crippen LogP contribution is 2.33. The van der Waals surface area contributed by atoms with E-state index >= 15 is 0 Å². The van der Waals surface area contributed by atoms with Gasteiger partial charge in [0.05, 0.1) is 25.6 Å². The summed E-state index contributed by atoms with van der Waals surface area (Å²) in [6.07, 6.45) is 0. The molecule has 0 aliphatic heterocycles. The van der Waals surface area contributed by atoms with Crippen molar-refractivity contribution in [3.05, 3.63) is 64.9 Å². The third-order valence-electron chi connectivity index (χ3n) is 4.03. The third kappa shape index (κ3) is 2.54. The van der Waals surface area contributed by atoms with Crippen molar-refractivity contribution < 1.29 is 19.1 Å². The first-order valence-electron chi connectivity index (χ1n) is 7.45. The molecule has 2 aromatic rings. The van der Waals surface area contributed by atoms with Gasteiger partial charge in [-0.25, -0.2) is 0 Å². The molecule has 2 aromatic carbocycles. The van der Waals surface area contributed by atoms with E-state index in [-0.39, 0.29) is 17.3 Å². The van der Waals surface area contributed by atoms with E-state index in [4.69, 9.17) is 9.47 Å². The smallest absolute Gasteiger partial charge is 0.210 e. The number of Topliss-reactive ketones (excluding diaryl/α,β-unsaturated/α-hetero) is 2. The SMILES string of the molecule is COc1ccc(NC2=C(C)C(=O)c3ccccc3C2=O)c(OC)c1. The topological polar surface area (TPSA) is 64.6 Å². The zero-order valence-electron chi connectivity index (χ0n) is 13.7. The molecule has 0 bridgehead atoms. The average Bonchev–Trinajstić information content (AvgIpc) is 2.63. The summed E-state index contributed by atoms with van der Waals surface area (Å²) in [6.45, 7) is 1.65. The van der Waals surface area contributed by atoms with Crippen LogP contribution in [0.2, 0.25) is 0 Å². The van der Waals surface area contributed by atoms with Crippen LogP contribution in [0.5, 0.6) is 11.5 Å². The van der Waals surface area contributed by atoms with Gasteiger partial charge in [-0.2, -0.15) is 0 Å². The first-order valence-corrected chi connectivity index (χ1v) is 7.45. The number of benzene rings is 2. The van der Waals surface area contributed by atoms with Crippen LogP contribution in [0.3, 0.4) is 0 Å². The van der Waals surface area contributed by atoms with Crippen LogP contribution in [-0.2, 0) is 0 Å². The maximum Gasteiger partial charge on any atom is 0.210 e. The van der Waals surface area contributed by atoms with Crippen LogP contribution in [0.4, 0.5) is 5.69 Å². The van der Waals surface area contributed by atoms with Crippen LogP contribution < -0.4 is 14.8 Å². The fourth-order valence-electron chi connectivity index (χ4n) is 2.69. The van der Waals surface area contributed by atoms with Gasteiger partial charge in [-0.1, -0.05) is 24.3 Å². The van der Waals surface area contributed by atoms with Crippen LogP contribution in [0.25, 0.3) is 0 Å². The van der Waals surface area contributed by atoms with E-state index in [1.54, 1.807) is 56.5 Å². The highest BCUT2D eigenvalue weighted by Gasteiger charge is 2.30. The number of allylic oxidation sites excluding steroid dienone is 2. The molecule has 0 aromatic heterocycles. The Bertz CT molecular complexity index is 867. The second-order valence-electron chi connectivity index (χ2n) is 5.40. The molecule has 5 nitrogen and oxygen atoms in total. The Hall–Kier alpha value is -3.08. The molecule has 5 heteroatoms. The molecule has 1 N–H and O–H groups in total. The second-order valence-corrected chi connectivity index (χ2v) is 5.40. The van der Waals surface area contributed by atoms with Crippen LogP contribution in [-0.4, -0.2) is 25.8 Å². The van der Waals surface area contributed by atoms with Gasteiger partial charge in [0.15, 0.2) is 5.78 Å². The van der Waals surface area contributed by atoms with Crippen molar-refractivity contribution in [3.8, 4) is 11.5 Å². The minimum atomic E-state index is -0.208. The summed E-state index contributed by atoms with van der Waals surface area (Å²) >= 11 is 0. The molecule has 1 aliphatic rings. The van der Waals surface area contributed by atoms with Crippen molar-refractivity contribution in [2.45, 2.75) is 6.92 Å². The fraction of sp³-hybridized carbons (Fsp3) is 0.158. The number of rotatable bonds is 4. The Labute approximate surface area is 139 Å². The zero-order valence-corrected chi connectivity index (χ0v) is 13.7. The number of methoxy groups -OCH3 is 2. The quantitative estimate of drug-likeness (QED) is 0.933. The molecular formula is C19H17NO4. The predicted octanol–water partition coefficient (Wildman–Crippen LogP) is 3.47. The summed E-state index contributed by atoms with van der Waals surface area (Å²) in [7, 11) is 3.10. The number of hydrogen-bond acceptors (Lipinski definition) is 5. The molecule has 0 radical (unpaired) electrons. The zero-order chi connectivity index (χ0) is 17.3. The molecule has 0 unspecified atom stereocenters. The van der Waals surface area contributed by atoms with Crippen LogP contribution in [0.15, 0.2) is 53.7 Å². The fourth-order valence-corrected chi connectivity index (χ4v) is 2.69. The molecule has 0 heterocycles. The van der Waals surface area contributed by atoms with Crippen molar-refractivity contribution >= 4 is 17.3 Å². The van der Waals surface area contributed by atoms with Crippen LogP contribution in [0.1, 0.15) is 27.6 Å². The molecular weight excluding hydrogens is 306 g/mol. The second kappa shape index (κ2) is 6.20. The third-order valence-corrected chi connectivity index (χ3v) is 4.03. The maximum absolute atomic E-state index is 12.8. The highest BCUT2D eigenvalue weighted by molar-refractivity contribution is 6.27. The number of ether oxygens (including phenoxy) is 2. The van der Waals surface area contributed by atoms with E-state index in [9.17, 15) is 9.59 Å². The van der Waals surface area contributed by atoms with Gasteiger partial charge in [-0.3, -0.25) is 9.59 Å². The van der Waals surface area contributed by atoms with Crippen LogP contribution in [0, 0.1) is 0 Å². The number of fused-ring (bicyclic) bond motifs is 1. The van der Waals surface area contributed by atoms with Crippen molar-refractivity contribution in [3.63, 3.8) is 0 Å². The Kier molecular flexibility index (Phi) is 4.08. The average molecular weight is 323 g/mol. The standard InChI is InChI=1S/C19H17NO4/c1-11-17(19(22)14-7-5-4-6-13(14)18(11)21)20-15-9-8-12(23-2)10-16(15)24-3/h4-10,20H,1-3H3. The maximum atomic E-state index is 12.8. The van der Waals surface area contributed by atoms with E-state index in [0.717, 1.165) is 0 Å². The molecule has 0 fully saturated rings. The van der Waals surface area contributed by atoms with Crippen LogP contribution >= 0.6 is 0 Å². The van der Waals surface area contributed by atoms with Gasteiger partial charge in [-0.05, 0) is 19.1 Å². The molecule has 1 aliphatic carbocycles. The predicted molar refractivity (Wildman–Crippen MR) is 91.0 cm³/mol. The lowest BCUT2D eigenvalue weighted by molar-refractivity contribution is 0.0976. The van der Waals surface area contributed by atoms with Gasteiger partial charge < -0.3 is 14.8 Å². The lowest BCUT2D eigenvalue weighted by atomic mass is 9.88. The largest absolute Gasteiger partial charge is 0.497 e. The minimum absolute atomic E-state index is 0.153. The Morgan fingerprint density at radius 2 is 1.54 bits per heavy atom. The van der Waals surface area contributed by atoms with Crippen molar-refractivity contribution in [1.82, 2.24) is 0 Å². The number of carbonyl (C=O) groups is 2. The lowest BCUT2D eigenvalue weighted by Crippen LogP contribution is -2.25. The van der Waals surface area contributed by atoms with Gasteiger partial charge in [0.25, 0.3) is 0 Å². The van der Waals surface area contributed by atoms with E-state index in [2.05, 4.69) is 5.32 Å². The van der Waals surface area contributed by atoms with Gasteiger partial charge in [-0.15, -0.1) is 0 Å².